The highest BCUT2D eigenvalue weighted by Gasteiger charge is 2.36. The summed E-state index contributed by atoms with van der Waals surface area (Å²) in [4.78, 5) is 0. The van der Waals surface area contributed by atoms with E-state index < -0.39 is 10.2 Å². The van der Waals surface area contributed by atoms with E-state index in [1.54, 1.807) is 7.05 Å². The standard InChI is InChI=1S/C11H25N3O2S/c1-9(2)12-6-5-7-14(4)17(15,16)13-11-8-10(11)3/h9-13H,5-8H2,1-4H3. The molecular formula is C11H25N3O2S. The zero-order valence-corrected chi connectivity index (χ0v) is 12.0. The largest absolute Gasteiger partial charge is 0.314 e. The lowest BCUT2D eigenvalue weighted by Crippen LogP contribution is -2.41. The number of hydrogen-bond acceptors (Lipinski definition) is 3. The van der Waals surface area contributed by atoms with E-state index in [9.17, 15) is 8.42 Å². The van der Waals surface area contributed by atoms with Crippen LogP contribution in [-0.2, 0) is 10.2 Å². The smallest absolute Gasteiger partial charge is 0.279 e. The number of nitrogens with one attached hydrogen (secondary N) is 2. The van der Waals surface area contributed by atoms with Crippen LogP contribution in [0.2, 0.25) is 0 Å². The Balaban J connectivity index is 2.23. The van der Waals surface area contributed by atoms with Gasteiger partial charge in [0.15, 0.2) is 0 Å². The van der Waals surface area contributed by atoms with Crippen molar-refractivity contribution in [2.24, 2.45) is 5.92 Å². The fraction of sp³-hybridized carbons (Fsp3) is 1.00. The Morgan fingerprint density at radius 3 is 2.47 bits per heavy atom. The molecule has 102 valence electrons. The molecule has 1 fully saturated rings. The van der Waals surface area contributed by atoms with Crippen LogP contribution < -0.4 is 10.0 Å². The van der Waals surface area contributed by atoms with Gasteiger partial charge in [-0.3, -0.25) is 0 Å². The van der Waals surface area contributed by atoms with Crippen LogP contribution in [-0.4, -0.2) is 44.9 Å². The third-order valence-electron chi connectivity index (χ3n) is 3.02. The first-order valence-electron chi connectivity index (χ1n) is 6.30. The van der Waals surface area contributed by atoms with Crippen LogP contribution in [0.3, 0.4) is 0 Å². The second kappa shape index (κ2) is 6.13. The molecule has 1 aliphatic rings. The van der Waals surface area contributed by atoms with Crippen molar-refractivity contribution in [2.75, 3.05) is 20.1 Å². The first-order chi connectivity index (χ1) is 7.83. The van der Waals surface area contributed by atoms with Crippen molar-refractivity contribution >= 4 is 10.2 Å². The Kier molecular flexibility index (Phi) is 5.37. The van der Waals surface area contributed by atoms with Crippen molar-refractivity contribution < 1.29 is 8.42 Å². The molecule has 17 heavy (non-hydrogen) atoms. The number of rotatable bonds is 8. The Labute approximate surface area is 105 Å². The summed E-state index contributed by atoms with van der Waals surface area (Å²) in [6.45, 7) is 7.61. The molecule has 0 heterocycles. The van der Waals surface area contributed by atoms with Crippen molar-refractivity contribution in [1.29, 1.82) is 0 Å². The number of hydrogen-bond donors (Lipinski definition) is 2. The summed E-state index contributed by atoms with van der Waals surface area (Å²) in [6.07, 6.45) is 1.79. The minimum Gasteiger partial charge on any atom is -0.314 e. The molecule has 1 saturated carbocycles. The quantitative estimate of drug-likeness (QED) is 0.629. The molecule has 2 N–H and O–H groups in total. The van der Waals surface area contributed by atoms with Crippen molar-refractivity contribution in [3.63, 3.8) is 0 Å². The molecule has 2 unspecified atom stereocenters. The predicted octanol–water partition coefficient (Wildman–Crippen LogP) is 0.549. The molecule has 0 amide bonds. The van der Waals surface area contributed by atoms with Crippen LogP contribution in [0.1, 0.15) is 33.6 Å². The monoisotopic (exact) mass is 263 g/mol. The Morgan fingerprint density at radius 2 is 2.00 bits per heavy atom. The minimum absolute atomic E-state index is 0.149. The zero-order valence-electron chi connectivity index (χ0n) is 11.2. The molecular weight excluding hydrogens is 238 g/mol. The lowest BCUT2D eigenvalue weighted by molar-refractivity contribution is 0.438. The normalized spacial score (nSPS) is 24.6. The lowest BCUT2D eigenvalue weighted by Gasteiger charge is -2.18. The molecule has 1 aliphatic carbocycles. The lowest BCUT2D eigenvalue weighted by atomic mass is 10.3. The summed E-state index contributed by atoms with van der Waals surface area (Å²) in [5, 5.41) is 3.27. The van der Waals surface area contributed by atoms with E-state index in [2.05, 4.69) is 30.8 Å². The third-order valence-corrected chi connectivity index (χ3v) is 4.63. The zero-order chi connectivity index (χ0) is 13.1. The molecule has 0 bridgehead atoms. The Bertz CT molecular complexity index is 330. The topological polar surface area (TPSA) is 61.4 Å². The average Bonchev–Trinajstić information content (AvgIpc) is 2.87. The minimum atomic E-state index is -3.28. The predicted molar refractivity (Wildman–Crippen MR) is 70.0 cm³/mol. The molecule has 0 aromatic rings. The summed E-state index contributed by atoms with van der Waals surface area (Å²) in [5.74, 6) is 0.487. The van der Waals surface area contributed by atoms with E-state index in [-0.39, 0.29) is 6.04 Å². The van der Waals surface area contributed by atoms with Gasteiger partial charge < -0.3 is 5.32 Å². The highest BCUT2D eigenvalue weighted by atomic mass is 32.2. The van der Waals surface area contributed by atoms with Crippen molar-refractivity contribution in [1.82, 2.24) is 14.3 Å². The van der Waals surface area contributed by atoms with Crippen LogP contribution in [0.4, 0.5) is 0 Å². The van der Waals surface area contributed by atoms with Gasteiger partial charge in [-0.25, -0.2) is 0 Å². The molecule has 2 atom stereocenters. The molecule has 6 heteroatoms. The molecule has 0 aromatic heterocycles. The van der Waals surface area contributed by atoms with Crippen molar-refractivity contribution in [3.05, 3.63) is 0 Å². The SMILES string of the molecule is CC(C)NCCCN(C)S(=O)(=O)NC1CC1C. The van der Waals surface area contributed by atoms with E-state index in [1.165, 1.54) is 4.31 Å². The second-order valence-corrected chi connectivity index (χ2v) is 7.04. The molecule has 0 saturated heterocycles. The summed E-state index contributed by atoms with van der Waals surface area (Å²) >= 11 is 0. The van der Waals surface area contributed by atoms with Gasteiger partial charge in [0, 0.05) is 25.7 Å². The van der Waals surface area contributed by atoms with Crippen LogP contribution in [0.15, 0.2) is 0 Å². The van der Waals surface area contributed by atoms with Crippen LogP contribution in [0.25, 0.3) is 0 Å². The summed E-state index contributed by atoms with van der Waals surface area (Å²) in [6, 6.07) is 0.596. The van der Waals surface area contributed by atoms with E-state index in [4.69, 9.17) is 0 Å². The summed E-state index contributed by atoms with van der Waals surface area (Å²) in [5.41, 5.74) is 0. The van der Waals surface area contributed by atoms with Crippen LogP contribution >= 0.6 is 0 Å². The van der Waals surface area contributed by atoms with Crippen molar-refractivity contribution in [3.8, 4) is 0 Å². The van der Waals surface area contributed by atoms with Gasteiger partial charge in [-0.2, -0.15) is 17.4 Å². The van der Waals surface area contributed by atoms with E-state index in [0.717, 1.165) is 19.4 Å². The van der Waals surface area contributed by atoms with E-state index >= 15 is 0 Å². The third kappa shape index (κ3) is 5.33. The molecule has 0 aliphatic heterocycles. The molecule has 5 nitrogen and oxygen atoms in total. The van der Waals surface area contributed by atoms with Gasteiger partial charge in [-0.1, -0.05) is 20.8 Å². The van der Waals surface area contributed by atoms with Gasteiger partial charge in [0.1, 0.15) is 0 Å². The van der Waals surface area contributed by atoms with Gasteiger partial charge in [0.05, 0.1) is 0 Å². The highest BCUT2D eigenvalue weighted by Crippen LogP contribution is 2.29. The van der Waals surface area contributed by atoms with E-state index in [1.807, 2.05) is 0 Å². The Morgan fingerprint density at radius 1 is 1.41 bits per heavy atom. The van der Waals surface area contributed by atoms with Gasteiger partial charge in [-0.15, -0.1) is 0 Å². The first kappa shape index (κ1) is 14.9. The fourth-order valence-corrected chi connectivity index (χ4v) is 2.84. The van der Waals surface area contributed by atoms with Crippen LogP contribution in [0, 0.1) is 5.92 Å². The summed E-state index contributed by atoms with van der Waals surface area (Å²) in [7, 11) is -1.65. The first-order valence-corrected chi connectivity index (χ1v) is 7.74. The molecule has 1 rings (SSSR count). The molecule has 0 radical (unpaired) electrons. The summed E-state index contributed by atoms with van der Waals surface area (Å²) < 4.78 is 27.8. The van der Waals surface area contributed by atoms with Gasteiger partial charge in [0.2, 0.25) is 0 Å². The molecule has 0 spiro atoms. The van der Waals surface area contributed by atoms with Crippen molar-refractivity contribution in [2.45, 2.75) is 45.7 Å². The Hall–Kier alpha value is -0.170. The number of nitrogens with zero attached hydrogens (tertiary/aromatic N) is 1. The van der Waals surface area contributed by atoms with Gasteiger partial charge in [0.25, 0.3) is 10.2 Å². The maximum absolute atomic E-state index is 11.8. The van der Waals surface area contributed by atoms with Gasteiger partial charge >= 0.3 is 0 Å². The maximum Gasteiger partial charge on any atom is 0.279 e. The molecule has 0 aromatic carbocycles. The van der Waals surface area contributed by atoms with Gasteiger partial charge in [-0.05, 0) is 25.3 Å². The second-order valence-electron chi connectivity index (χ2n) is 5.23. The fourth-order valence-electron chi connectivity index (χ4n) is 1.58. The van der Waals surface area contributed by atoms with E-state index in [0.29, 0.717) is 18.5 Å². The average molecular weight is 263 g/mol. The highest BCUT2D eigenvalue weighted by molar-refractivity contribution is 7.87. The van der Waals surface area contributed by atoms with Crippen LogP contribution in [0.5, 0.6) is 0 Å². The maximum atomic E-state index is 11.8.